The van der Waals surface area contributed by atoms with Crippen LogP contribution in [-0.4, -0.2) is 86.3 Å². The number of likely N-dealkylation sites (tertiary alicyclic amines) is 1. The van der Waals surface area contributed by atoms with Gasteiger partial charge in [-0.25, -0.2) is 0 Å². The van der Waals surface area contributed by atoms with Crippen LogP contribution in [0.2, 0.25) is 0 Å². The van der Waals surface area contributed by atoms with Crippen LogP contribution in [0, 0.1) is 5.92 Å². The number of ether oxygens (including phenoxy) is 1. The van der Waals surface area contributed by atoms with Crippen molar-refractivity contribution in [3.05, 3.63) is 0 Å². The van der Waals surface area contributed by atoms with Crippen molar-refractivity contribution < 1.29 is 4.74 Å². The number of hydrogen-bond acceptors (Lipinski definition) is 4. The minimum absolute atomic E-state index is 0.000253. The van der Waals surface area contributed by atoms with E-state index < -0.39 is 0 Å². The SMILES string of the molecule is CN1CCN(CC2CCN(CCOC(C)(C)C)CC2)CC1. The lowest BCUT2D eigenvalue weighted by Gasteiger charge is -2.38. The minimum Gasteiger partial charge on any atom is -0.375 e. The summed E-state index contributed by atoms with van der Waals surface area (Å²) < 4.78 is 5.84. The number of piperazine rings is 1. The van der Waals surface area contributed by atoms with Gasteiger partial charge in [0.1, 0.15) is 0 Å². The van der Waals surface area contributed by atoms with E-state index in [1.165, 1.54) is 58.7 Å². The lowest BCUT2D eigenvalue weighted by molar-refractivity contribution is -0.0169. The molecule has 0 atom stereocenters. The third-order valence-corrected chi connectivity index (χ3v) is 4.76. The van der Waals surface area contributed by atoms with Crippen molar-refractivity contribution in [2.45, 2.75) is 39.2 Å². The van der Waals surface area contributed by atoms with E-state index in [1.54, 1.807) is 0 Å². The van der Waals surface area contributed by atoms with E-state index in [0.717, 1.165) is 19.1 Å². The molecule has 2 rings (SSSR count). The molecule has 124 valence electrons. The Morgan fingerprint density at radius 3 is 2.10 bits per heavy atom. The molecule has 4 heteroatoms. The molecule has 21 heavy (non-hydrogen) atoms. The molecular formula is C17H35N3O. The normalized spacial score (nSPS) is 24.6. The van der Waals surface area contributed by atoms with Gasteiger partial charge in [-0.1, -0.05) is 0 Å². The molecule has 0 N–H and O–H groups in total. The number of likely N-dealkylation sites (N-methyl/N-ethyl adjacent to an activating group) is 1. The lowest BCUT2D eigenvalue weighted by atomic mass is 9.96. The second kappa shape index (κ2) is 7.91. The Labute approximate surface area is 131 Å². The first-order valence-corrected chi connectivity index (χ1v) is 8.69. The van der Waals surface area contributed by atoms with Gasteiger partial charge in [-0.15, -0.1) is 0 Å². The van der Waals surface area contributed by atoms with Crippen molar-refractivity contribution in [3.63, 3.8) is 0 Å². The highest BCUT2D eigenvalue weighted by atomic mass is 16.5. The standard InChI is InChI=1S/C17H35N3O/c1-17(2,3)21-14-13-19-7-5-16(6-8-19)15-20-11-9-18(4)10-12-20/h16H,5-15H2,1-4H3. The third-order valence-electron chi connectivity index (χ3n) is 4.76. The minimum atomic E-state index is -0.000253. The smallest absolute Gasteiger partial charge is 0.0600 e. The van der Waals surface area contributed by atoms with E-state index >= 15 is 0 Å². The third kappa shape index (κ3) is 6.64. The molecule has 0 aromatic heterocycles. The first-order valence-electron chi connectivity index (χ1n) is 8.69. The first kappa shape index (κ1) is 17.2. The van der Waals surface area contributed by atoms with Gasteiger partial charge in [0.2, 0.25) is 0 Å². The van der Waals surface area contributed by atoms with Gasteiger partial charge in [-0.05, 0) is 59.7 Å². The largest absolute Gasteiger partial charge is 0.375 e. The van der Waals surface area contributed by atoms with Crippen LogP contribution in [0.5, 0.6) is 0 Å². The highest BCUT2D eigenvalue weighted by Gasteiger charge is 2.23. The van der Waals surface area contributed by atoms with Gasteiger partial charge >= 0.3 is 0 Å². The van der Waals surface area contributed by atoms with Crippen LogP contribution < -0.4 is 0 Å². The molecule has 0 aromatic rings. The van der Waals surface area contributed by atoms with Crippen molar-refractivity contribution in [1.82, 2.24) is 14.7 Å². The molecule has 2 saturated heterocycles. The summed E-state index contributed by atoms with van der Waals surface area (Å²) in [7, 11) is 2.23. The average molecular weight is 297 g/mol. The number of rotatable bonds is 5. The Morgan fingerprint density at radius 2 is 1.52 bits per heavy atom. The molecule has 0 aromatic carbocycles. The fourth-order valence-electron chi connectivity index (χ4n) is 3.27. The Kier molecular flexibility index (Phi) is 6.48. The van der Waals surface area contributed by atoms with Crippen molar-refractivity contribution >= 4 is 0 Å². The first-order chi connectivity index (χ1) is 9.92. The summed E-state index contributed by atoms with van der Waals surface area (Å²) in [4.78, 5) is 7.68. The van der Waals surface area contributed by atoms with Crippen LogP contribution >= 0.6 is 0 Å². The summed E-state index contributed by atoms with van der Waals surface area (Å²) >= 11 is 0. The van der Waals surface area contributed by atoms with Gasteiger partial charge in [-0.2, -0.15) is 0 Å². The zero-order valence-corrected chi connectivity index (χ0v) is 14.6. The van der Waals surface area contributed by atoms with Crippen LogP contribution in [0.4, 0.5) is 0 Å². The Hall–Kier alpha value is -0.160. The summed E-state index contributed by atoms with van der Waals surface area (Å²) in [6.07, 6.45) is 2.73. The predicted octanol–water partition coefficient (Wildman–Crippen LogP) is 1.76. The van der Waals surface area contributed by atoms with Gasteiger partial charge in [0, 0.05) is 39.3 Å². The fraction of sp³-hybridized carbons (Fsp3) is 1.00. The molecule has 0 radical (unpaired) electrons. The second-order valence-corrected chi connectivity index (χ2v) is 7.85. The van der Waals surface area contributed by atoms with E-state index in [-0.39, 0.29) is 5.60 Å². The maximum absolute atomic E-state index is 5.84. The van der Waals surface area contributed by atoms with Crippen molar-refractivity contribution in [1.29, 1.82) is 0 Å². The Morgan fingerprint density at radius 1 is 0.905 bits per heavy atom. The second-order valence-electron chi connectivity index (χ2n) is 7.85. The van der Waals surface area contributed by atoms with Crippen LogP contribution in [0.25, 0.3) is 0 Å². The molecule has 0 unspecified atom stereocenters. The molecule has 0 aliphatic carbocycles. The van der Waals surface area contributed by atoms with E-state index in [0.29, 0.717) is 0 Å². The summed E-state index contributed by atoms with van der Waals surface area (Å²) in [5.74, 6) is 0.910. The quantitative estimate of drug-likeness (QED) is 0.770. The predicted molar refractivity (Wildman–Crippen MR) is 88.8 cm³/mol. The van der Waals surface area contributed by atoms with Crippen molar-refractivity contribution in [3.8, 4) is 0 Å². The van der Waals surface area contributed by atoms with Gasteiger partial charge in [-0.3, -0.25) is 0 Å². The molecule has 0 amide bonds. The monoisotopic (exact) mass is 297 g/mol. The van der Waals surface area contributed by atoms with E-state index in [1.807, 2.05) is 0 Å². The average Bonchev–Trinajstić information content (AvgIpc) is 2.42. The summed E-state index contributed by atoms with van der Waals surface area (Å²) in [5.41, 5.74) is -0.000253. The zero-order chi connectivity index (χ0) is 15.3. The summed E-state index contributed by atoms with van der Waals surface area (Å²) in [6.45, 7) is 17.2. The highest BCUT2D eigenvalue weighted by molar-refractivity contribution is 4.78. The Bertz CT molecular complexity index is 287. The van der Waals surface area contributed by atoms with Crippen LogP contribution in [-0.2, 0) is 4.74 Å². The Balaban J connectivity index is 1.58. The van der Waals surface area contributed by atoms with Crippen LogP contribution in [0.15, 0.2) is 0 Å². The van der Waals surface area contributed by atoms with E-state index in [2.05, 4.69) is 42.5 Å². The maximum Gasteiger partial charge on any atom is 0.0600 e. The molecule has 0 saturated carbocycles. The summed E-state index contributed by atoms with van der Waals surface area (Å²) in [5, 5.41) is 0. The number of nitrogens with zero attached hydrogens (tertiary/aromatic N) is 3. The van der Waals surface area contributed by atoms with Gasteiger partial charge in [0.05, 0.1) is 12.2 Å². The van der Waals surface area contributed by atoms with E-state index in [9.17, 15) is 0 Å². The van der Waals surface area contributed by atoms with E-state index in [4.69, 9.17) is 4.74 Å². The molecular weight excluding hydrogens is 262 g/mol. The lowest BCUT2D eigenvalue weighted by Crippen LogP contribution is -2.47. The van der Waals surface area contributed by atoms with Crippen LogP contribution in [0.3, 0.4) is 0 Å². The van der Waals surface area contributed by atoms with Crippen LogP contribution in [0.1, 0.15) is 33.6 Å². The maximum atomic E-state index is 5.84. The zero-order valence-electron chi connectivity index (χ0n) is 14.6. The molecule has 4 nitrogen and oxygen atoms in total. The molecule has 0 spiro atoms. The molecule has 2 fully saturated rings. The molecule has 2 aliphatic rings. The van der Waals surface area contributed by atoms with Crippen molar-refractivity contribution in [2.75, 3.05) is 66.0 Å². The fourth-order valence-corrected chi connectivity index (χ4v) is 3.27. The van der Waals surface area contributed by atoms with Gasteiger partial charge < -0.3 is 19.4 Å². The number of piperidine rings is 1. The summed E-state index contributed by atoms with van der Waals surface area (Å²) in [6, 6.07) is 0. The number of hydrogen-bond donors (Lipinski definition) is 0. The molecule has 0 bridgehead atoms. The van der Waals surface area contributed by atoms with Gasteiger partial charge in [0.15, 0.2) is 0 Å². The molecule has 2 aliphatic heterocycles. The topological polar surface area (TPSA) is 19.0 Å². The van der Waals surface area contributed by atoms with Gasteiger partial charge in [0.25, 0.3) is 0 Å². The molecule has 2 heterocycles. The van der Waals surface area contributed by atoms with Crippen molar-refractivity contribution in [2.24, 2.45) is 5.92 Å². The highest BCUT2D eigenvalue weighted by Crippen LogP contribution is 2.19.